The second-order valence-corrected chi connectivity index (χ2v) is 9.40. The number of hydrogen-bond donors (Lipinski definition) is 1. The number of aromatic nitrogens is 3. The van der Waals surface area contributed by atoms with Gasteiger partial charge in [-0.25, -0.2) is 0 Å². The van der Waals surface area contributed by atoms with Crippen LogP contribution in [0.25, 0.3) is 0 Å². The summed E-state index contributed by atoms with van der Waals surface area (Å²) in [6.07, 6.45) is 4.10. The Morgan fingerprint density at radius 1 is 1.23 bits per heavy atom. The van der Waals surface area contributed by atoms with E-state index in [0.717, 1.165) is 43.9 Å². The molecule has 0 radical (unpaired) electrons. The number of thiophene rings is 1. The largest absolute Gasteiger partial charge is 0.487 e. The van der Waals surface area contributed by atoms with Crippen LogP contribution >= 0.6 is 11.3 Å². The van der Waals surface area contributed by atoms with Crippen molar-refractivity contribution < 1.29 is 9.53 Å². The van der Waals surface area contributed by atoms with Crippen LogP contribution in [-0.2, 0) is 24.5 Å². The molecule has 6 rings (SSSR count). The molecule has 2 bridgehead atoms. The molecule has 3 aliphatic heterocycles. The highest BCUT2D eigenvalue weighted by Crippen LogP contribution is 2.37. The Balaban J connectivity index is 1.13. The highest BCUT2D eigenvalue weighted by Gasteiger charge is 2.43. The summed E-state index contributed by atoms with van der Waals surface area (Å²) in [5, 5.41) is 13.7. The molecular formula is C23H27N5O2S. The van der Waals surface area contributed by atoms with Crippen LogP contribution in [0.15, 0.2) is 54.0 Å². The summed E-state index contributed by atoms with van der Waals surface area (Å²) in [6, 6.07) is 14.2. The predicted molar refractivity (Wildman–Crippen MR) is 119 cm³/mol. The molecule has 1 aromatic carbocycles. The smallest absolute Gasteiger partial charge is 0.224 e. The SMILES string of the molecule is O=C(NCc1cccs1)[C@H]1CN2CCC1C[C@@H]2Cn1cc(COc2ccccc2)nn1. The first-order valence-corrected chi connectivity index (χ1v) is 11.7. The van der Waals surface area contributed by atoms with E-state index in [1.807, 2.05) is 52.7 Å². The zero-order valence-corrected chi connectivity index (χ0v) is 18.2. The van der Waals surface area contributed by atoms with E-state index in [4.69, 9.17) is 4.74 Å². The van der Waals surface area contributed by atoms with Gasteiger partial charge in [-0.15, -0.1) is 16.4 Å². The Hall–Kier alpha value is -2.71. The fourth-order valence-corrected chi connectivity index (χ4v) is 5.37. The number of fused-ring (bicyclic) bond motifs is 3. The van der Waals surface area contributed by atoms with Crippen LogP contribution in [0.3, 0.4) is 0 Å². The second-order valence-electron chi connectivity index (χ2n) is 8.37. The lowest BCUT2D eigenvalue weighted by Crippen LogP contribution is -2.57. The van der Waals surface area contributed by atoms with Crippen LogP contribution in [-0.4, -0.2) is 44.9 Å². The van der Waals surface area contributed by atoms with Gasteiger partial charge in [0.15, 0.2) is 0 Å². The number of carbonyl (C=O) groups excluding carboxylic acids is 1. The third-order valence-electron chi connectivity index (χ3n) is 6.35. The Labute approximate surface area is 186 Å². The third-order valence-corrected chi connectivity index (χ3v) is 7.22. The zero-order valence-electron chi connectivity index (χ0n) is 17.4. The van der Waals surface area contributed by atoms with Gasteiger partial charge < -0.3 is 10.1 Å². The highest BCUT2D eigenvalue weighted by atomic mass is 32.1. The molecule has 0 spiro atoms. The molecule has 7 nitrogen and oxygen atoms in total. The van der Waals surface area contributed by atoms with Crippen LogP contribution in [0.2, 0.25) is 0 Å². The zero-order chi connectivity index (χ0) is 21.0. The first kappa shape index (κ1) is 20.2. The van der Waals surface area contributed by atoms with E-state index in [2.05, 4.69) is 26.6 Å². The van der Waals surface area contributed by atoms with Gasteiger partial charge in [0.1, 0.15) is 18.1 Å². The molecule has 8 heteroatoms. The van der Waals surface area contributed by atoms with E-state index in [1.54, 1.807) is 11.3 Å². The van der Waals surface area contributed by atoms with Crippen molar-refractivity contribution in [1.29, 1.82) is 0 Å². The van der Waals surface area contributed by atoms with Crippen molar-refractivity contribution in [2.75, 3.05) is 13.1 Å². The number of ether oxygens (including phenoxy) is 1. The standard InChI is InChI=1S/C23H27N5O2S/c29-23(24-12-21-7-4-10-31-21)22-15-27-9-8-17(22)11-19(27)14-28-13-18(25-26-28)16-30-20-5-2-1-3-6-20/h1-7,10,13,17,19,22H,8-9,11-12,14-16H2,(H,24,29)/t17?,19-,22+/m1/s1. The maximum absolute atomic E-state index is 12.8. The summed E-state index contributed by atoms with van der Waals surface area (Å²) in [4.78, 5) is 16.4. The van der Waals surface area contributed by atoms with Gasteiger partial charge in [-0.1, -0.05) is 29.5 Å². The summed E-state index contributed by atoms with van der Waals surface area (Å²) in [7, 11) is 0. The number of nitrogens with one attached hydrogen (secondary N) is 1. The van der Waals surface area contributed by atoms with Gasteiger partial charge in [-0.05, 0) is 48.9 Å². The topological polar surface area (TPSA) is 72.3 Å². The fourth-order valence-electron chi connectivity index (χ4n) is 4.73. The average Bonchev–Trinajstić information content (AvgIpc) is 3.49. The first-order valence-electron chi connectivity index (χ1n) is 10.9. The maximum atomic E-state index is 12.8. The van der Waals surface area contributed by atoms with E-state index in [9.17, 15) is 4.79 Å². The Kier molecular flexibility index (Phi) is 5.99. The van der Waals surface area contributed by atoms with Crippen LogP contribution < -0.4 is 10.1 Å². The Bertz CT molecular complexity index is 991. The molecule has 5 heterocycles. The second kappa shape index (κ2) is 9.20. The minimum absolute atomic E-state index is 0.0931. The van der Waals surface area contributed by atoms with Gasteiger partial charge in [-0.3, -0.25) is 14.4 Å². The molecule has 31 heavy (non-hydrogen) atoms. The summed E-state index contributed by atoms with van der Waals surface area (Å²) in [6.45, 7) is 3.74. The number of carbonyl (C=O) groups is 1. The molecule has 0 aliphatic carbocycles. The lowest BCUT2D eigenvalue weighted by molar-refractivity contribution is -0.133. The van der Waals surface area contributed by atoms with E-state index >= 15 is 0 Å². The molecule has 3 saturated heterocycles. The van der Waals surface area contributed by atoms with Gasteiger partial charge in [0.25, 0.3) is 0 Å². The van der Waals surface area contributed by atoms with Gasteiger partial charge in [-0.2, -0.15) is 0 Å². The third kappa shape index (κ3) is 4.80. The van der Waals surface area contributed by atoms with E-state index in [1.165, 1.54) is 4.88 Å². The minimum Gasteiger partial charge on any atom is -0.487 e. The van der Waals surface area contributed by atoms with Crippen LogP contribution in [0, 0.1) is 11.8 Å². The molecule has 1 N–H and O–H groups in total. The maximum Gasteiger partial charge on any atom is 0.224 e. The molecule has 2 aromatic heterocycles. The summed E-state index contributed by atoms with van der Waals surface area (Å²) in [5.41, 5.74) is 0.825. The number of nitrogens with zero attached hydrogens (tertiary/aromatic N) is 4. The number of rotatable bonds is 8. The molecule has 4 atom stereocenters. The molecule has 0 saturated carbocycles. The quantitative estimate of drug-likeness (QED) is 0.587. The number of para-hydroxylation sites is 1. The van der Waals surface area contributed by atoms with E-state index in [0.29, 0.717) is 25.1 Å². The van der Waals surface area contributed by atoms with Gasteiger partial charge in [0.2, 0.25) is 5.91 Å². The summed E-state index contributed by atoms with van der Waals surface area (Å²) < 4.78 is 7.68. The number of benzene rings is 1. The lowest BCUT2D eigenvalue weighted by Gasteiger charge is -2.49. The van der Waals surface area contributed by atoms with Crippen LogP contribution in [0.1, 0.15) is 23.4 Å². The van der Waals surface area contributed by atoms with Crippen molar-refractivity contribution in [3.8, 4) is 5.75 Å². The van der Waals surface area contributed by atoms with Crippen LogP contribution in [0.5, 0.6) is 5.75 Å². The van der Waals surface area contributed by atoms with Gasteiger partial charge in [0.05, 0.1) is 25.2 Å². The molecule has 2 unspecified atom stereocenters. The van der Waals surface area contributed by atoms with Crippen LogP contribution in [0.4, 0.5) is 0 Å². The fraction of sp³-hybridized carbons (Fsp3) is 0.435. The van der Waals surface area contributed by atoms with Crippen molar-refractivity contribution in [2.24, 2.45) is 11.8 Å². The van der Waals surface area contributed by atoms with E-state index in [-0.39, 0.29) is 11.8 Å². The first-order chi connectivity index (χ1) is 15.2. The normalized spacial score (nSPS) is 24.8. The Morgan fingerprint density at radius 2 is 2.13 bits per heavy atom. The number of piperidine rings is 3. The van der Waals surface area contributed by atoms with Gasteiger partial charge in [0, 0.05) is 17.5 Å². The van der Waals surface area contributed by atoms with Gasteiger partial charge >= 0.3 is 0 Å². The average molecular weight is 438 g/mol. The predicted octanol–water partition coefficient (Wildman–Crippen LogP) is 2.95. The van der Waals surface area contributed by atoms with Crippen molar-refractivity contribution in [2.45, 2.75) is 38.6 Å². The molecule has 162 valence electrons. The summed E-state index contributed by atoms with van der Waals surface area (Å²) >= 11 is 1.68. The molecule has 1 amide bonds. The molecule has 3 fully saturated rings. The monoisotopic (exact) mass is 437 g/mol. The summed E-state index contributed by atoms with van der Waals surface area (Å²) in [5.74, 6) is 1.57. The minimum atomic E-state index is 0.0931. The Morgan fingerprint density at radius 3 is 2.90 bits per heavy atom. The van der Waals surface area contributed by atoms with Crippen molar-refractivity contribution in [3.05, 3.63) is 64.6 Å². The molecular weight excluding hydrogens is 410 g/mol. The number of amides is 1. The lowest BCUT2D eigenvalue weighted by atomic mass is 9.75. The van der Waals surface area contributed by atoms with E-state index < -0.39 is 0 Å². The highest BCUT2D eigenvalue weighted by molar-refractivity contribution is 7.09. The van der Waals surface area contributed by atoms with Crippen molar-refractivity contribution in [1.82, 2.24) is 25.2 Å². The van der Waals surface area contributed by atoms with Crippen molar-refractivity contribution >= 4 is 17.2 Å². The van der Waals surface area contributed by atoms with Crippen molar-refractivity contribution in [3.63, 3.8) is 0 Å². The molecule has 3 aromatic rings. The molecule has 3 aliphatic rings. The number of hydrogen-bond acceptors (Lipinski definition) is 6.